The molecule has 0 atom stereocenters. The van der Waals surface area contributed by atoms with E-state index >= 15 is 8.78 Å². The maximum absolute atomic E-state index is 15.4. The number of alkyl halides is 5. The first-order valence-electron chi connectivity index (χ1n) is 12.4. The Morgan fingerprint density at radius 1 is 0.800 bits per heavy atom. The van der Waals surface area contributed by atoms with E-state index in [-0.39, 0.29) is 5.65 Å². The third-order valence-electron chi connectivity index (χ3n) is 6.60. The quantitative estimate of drug-likeness (QED) is 0.187. The first kappa shape index (κ1) is 25.9. The first-order chi connectivity index (χ1) is 19.2. The van der Waals surface area contributed by atoms with E-state index in [0.29, 0.717) is 22.6 Å². The summed E-state index contributed by atoms with van der Waals surface area (Å²) in [6.07, 6.45) is -3.23. The summed E-state index contributed by atoms with van der Waals surface area (Å²) in [6.45, 7) is -0.400. The summed E-state index contributed by atoms with van der Waals surface area (Å²) >= 11 is 0. The van der Waals surface area contributed by atoms with Gasteiger partial charge >= 0.3 is 12.5 Å². The minimum atomic E-state index is -4.82. The largest absolute Gasteiger partial charge is 0.573 e. The Balaban J connectivity index is 1.23. The number of ether oxygens (including phenoxy) is 2. The van der Waals surface area contributed by atoms with Crippen molar-refractivity contribution in [3.05, 3.63) is 102 Å². The number of fused-ring (bicyclic) bond motifs is 1. The van der Waals surface area contributed by atoms with Gasteiger partial charge in [-0.1, -0.05) is 42.5 Å². The van der Waals surface area contributed by atoms with Crippen LogP contribution in [-0.4, -0.2) is 25.9 Å². The van der Waals surface area contributed by atoms with E-state index in [1.54, 1.807) is 24.4 Å². The number of hydrogen-bond donors (Lipinski definition) is 0. The van der Waals surface area contributed by atoms with Crippen LogP contribution in [0.2, 0.25) is 0 Å². The highest BCUT2D eigenvalue weighted by Gasteiger charge is 2.39. The standard InChI is InChI=1S/C29H21F5N4O2/c30-28(31,39-17-22-3-1-2-4-24(22)20-9-13-25(35-15-20)19-5-6-19)27-37-36-26-14-10-21(16-38(26)27)18-7-11-23(12-8-18)40-29(32,33)34/h1-4,7-16,19H,5-6,17H2. The highest BCUT2D eigenvalue weighted by atomic mass is 19.4. The maximum Gasteiger partial charge on any atom is 0.573 e. The zero-order valence-corrected chi connectivity index (χ0v) is 20.8. The highest BCUT2D eigenvalue weighted by Crippen LogP contribution is 2.39. The molecule has 0 aliphatic heterocycles. The summed E-state index contributed by atoms with van der Waals surface area (Å²) in [5, 5.41) is 7.49. The van der Waals surface area contributed by atoms with E-state index < -0.39 is 30.7 Å². The zero-order chi connectivity index (χ0) is 27.9. The number of aromatic nitrogens is 4. The molecule has 1 saturated carbocycles. The van der Waals surface area contributed by atoms with Crippen molar-refractivity contribution < 1.29 is 31.4 Å². The van der Waals surface area contributed by atoms with Crippen LogP contribution in [0, 0.1) is 0 Å². The van der Waals surface area contributed by atoms with E-state index in [2.05, 4.69) is 19.9 Å². The fraction of sp³-hybridized carbons (Fsp3) is 0.207. The molecule has 1 fully saturated rings. The Hall–Kier alpha value is -4.38. The molecule has 1 aliphatic rings. The van der Waals surface area contributed by atoms with Crippen LogP contribution in [0.1, 0.15) is 35.8 Å². The minimum absolute atomic E-state index is 0.154. The molecule has 6 nitrogen and oxygen atoms in total. The number of benzene rings is 2. The van der Waals surface area contributed by atoms with E-state index in [0.717, 1.165) is 46.2 Å². The molecule has 0 unspecified atom stereocenters. The van der Waals surface area contributed by atoms with Crippen molar-refractivity contribution in [1.82, 2.24) is 19.6 Å². The van der Waals surface area contributed by atoms with Gasteiger partial charge in [-0.2, -0.15) is 8.78 Å². The van der Waals surface area contributed by atoms with Crippen LogP contribution in [0.5, 0.6) is 5.75 Å². The summed E-state index contributed by atoms with van der Waals surface area (Å²) < 4.78 is 78.2. The topological polar surface area (TPSA) is 61.5 Å². The van der Waals surface area contributed by atoms with Gasteiger partial charge in [-0.05, 0) is 65.4 Å². The Kier molecular flexibility index (Phi) is 6.46. The molecule has 0 N–H and O–H groups in total. The SMILES string of the molecule is FC(F)(F)Oc1ccc(-c2ccc3nnc(C(F)(F)OCc4ccccc4-c4ccc(C5CC5)nc4)n3c2)cc1. The van der Waals surface area contributed by atoms with Gasteiger partial charge in [0.1, 0.15) is 5.75 Å². The fourth-order valence-corrected chi connectivity index (χ4v) is 4.46. The molecular formula is C29H21F5N4O2. The van der Waals surface area contributed by atoms with Gasteiger partial charge in [0, 0.05) is 29.6 Å². The number of hydrogen-bond acceptors (Lipinski definition) is 5. The summed E-state index contributed by atoms with van der Waals surface area (Å²) in [4.78, 5) is 4.53. The van der Waals surface area contributed by atoms with Crippen LogP contribution in [-0.2, 0) is 17.5 Å². The molecule has 1 aliphatic carbocycles. The van der Waals surface area contributed by atoms with Crippen LogP contribution in [0.4, 0.5) is 22.0 Å². The molecule has 0 spiro atoms. The van der Waals surface area contributed by atoms with Crippen LogP contribution >= 0.6 is 0 Å². The predicted octanol–water partition coefficient (Wildman–Crippen LogP) is 7.50. The van der Waals surface area contributed by atoms with E-state index in [1.807, 2.05) is 24.3 Å². The zero-order valence-electron chi connectivity index (χ0n) is 20.8. The summed E-state index contributed by atoms with van der Waals surface area (Å²) in [5.74, 6) is -0.612. The van der Waals surface area contributed by atoms with Crippen LogP contribution in [0.3, 0.4) is 0 Å². The lowest BCUT2D eigenvalue weighted by Gasteiger charge is -2.17. The molecule has 0 saturated heterocycles. The van der Waals surface area contributed by atoms with Gasteiger partial charge in [-0.15, -0.1) is 23.4 Å². The minimum Gasteiger partial charge on any atom is -0.406 e. The molecule has 0 amide bonds. The molecule has 204 valence electrons. The van der Waals surface area contributed by atoms with Crippen molar-refractivity contribution in [1.29, 1.82) is 0 Å². The smallest absolute Gasteiger partial charge is 0.406 e. The van der Waals surface area contributed by atoms with Gasteiger partial charge in [0.25, 0.3) is 0 Å². The molecule has 3 heterocycles. The molecule has 5 aromatic rings. The lowest BCUT2D eigenvalue weighted by molar-refractivity contribution is -0.274. The van der Waals surface area contributed by atoms with Gasteiger partial charge in [-0.3, -0.25) is 9.38 Å². The van der Waals surface area contributed by atoms with E-state index in [1.165, 1.54) is 24.4 Å². The summed E-state index contributed by atoms with van der Waals surface area (Å²) in [5.41, 5.74) is 4.22. The van der Waals surface area contributed by atoms with Crippen molar-refractivity contribution in [3.8, 4) is 28.0 Å². The average molecular weight is 553 g/mol. The Morgan fingerprint density at radius 2 is 1.52 bits per heavy atom. The first-order valence-corrected chi connectivity index (χ1v) is 12.4. The molecule has 0 radical (unpaired) electrons. The monoisotopic (exact) mass is 552 g/mol. The normalized spacial score (nSPS) is 14.0. The number of nitrogens with zero attached hydrogens (tertiary/aromatic N) is 4. The lowest BCUT2D eigenvalue weighted by Crippen LogP contribution is -2.22. The molecule has 40 heavy (non-hydrogen) atoms. The van der Waals surface area contributed by atoms with Gasteiger partial charge in [0.15, 0.2) is 5.65 Å². The average Bonchev–Trinajstić information content (AvgIpc) is 3.70. The summed E-state index contributed by atoms with van der Waals surface area (Å²) in [6, 6.07) is 19.2. The van der Waals surface area contributed by atoms with Gasteiger partial charge in [0.2, 0.25) is 5.82 Å². The van der Waals surface area contributed by atoms with Gasteiger partial charge < -0.3 is 9.47 Å². The van der Waals surface area contributed by atoms with Crippen LogP contribution in [0.25, 0.3) is 27.9 Å². The lowest BCUT2D eigenvalue weighted by atomic mass is 10.0. The predicted molar refractivity (Wildman–Crippen MR) is 135 cm³/mol. The van der Waals surface area contributed by atoms with Crippen LogP contribution < -0.4 is 4.74 Å². The molecule has 3 aromatic heterocycles. The van der Waals surface area contributed by atoms with Crippen molar-refractivity contribution in [2.24, 2.45) is 0 Å². The van der Waals surface area contributed by atoms with Gasteiger partial charge in [-0.25, -0.2) is 0 Å². The molecular weight excluding hydrogens is 531 g/mol. The third-order valence-corrected chi connectivity index (χ3v) is 6.60. The Bertz CT molecular complexity index is 1650. The molecule has 2 aromatic carbocycles. The Labute approximate surface area is 225 Å². The number of rotatable bonds is 8. The van der Waals surface area contributed by atoms with E-state index in [4.69, 9.17) is 4.74 Å². The second-order valence-electron chi connectivity index (χ2n) is 9.45. The van der Waals surface area contributed by atoms with Crippen LogP contribution in [0.15, 0.2) is 85.2 Å². The van der Waals surface area contributed by atoms with E-state index in [9.17, 15) is 13.2 Å². The van der Waals surface area contributed by atoms with Crippen molar-refractivity contribution in [3.63, 3.8) is 0 Å². The van der Waals surface area contributed by atoms with Crippen molar-refractivity contribution >= 4 is 5.65 Å². The summed E-state index contributed by atoms with van der Waals surface area (Å²) in [7, 11) is 0. The van der Waals surface area contributed by atoms with Crippen molar-refractivity contribution in [2.75, 3.05) is 0 Å². The maximum atomic E-state index is 15.4. The molecule has 6 rings (SSSR count). The second-order valence-corrected chi connectivity index (χ2v) is 9.45. The Morgan fingerprint density at radius 3 is 2.23 bits per heavy atom. The number of halogens is 5. The molecule has 11 heteroatoms. The van der Waals surface area contributed by atoms with Gasteiger partial charge in [0.05, 0.1) is 6.61 Å². The molecule has 0 bridgehead atoms. The van der Waals surface area contributed by atoms with Crippen molar-refractivity contribution in [2.45, 2.75) is 37.8 Å². The second kappa shape index (κ2) is 9.98. The fourth-order valence-electron chi connectivity index (χ4n) is 4.46. The highest BCUT2D eigenvalue weighted by molar-refractivity contribution is 5.67. The third kappa shape index (κ3) is 5.50. The number of pyridine rings is 2.